The van der Waals surface area contributed by atoms with Gasteiger partial charge in [0.1, 0.15) is 41.2 Å². The number of nitrogen functional groups attached to an aromatic ring is 1. The molecule has 5 heterocycles. The van der Waals surface area contributed by atoms with Crippen LogP contribution in [0.1, 0.15) is 42.6 Å². The van der Waals surface area contributed by atoms with E-state index in [1.165, 1.54) is 30.6 Å². The first-order chi connectivity index (χ1) is 23.7. The fourth-order valence-corrected chi connectivity index (χ4v) is 5.31. The molecular weight excluding hydrogens is 622 g/mol. The Hall–Kier alpha value is -6.45. The van der Waals surface area contributed by atoms with Gasteiger partial charge in [-0.3, -0.25) is 9.97 Å². The summed E-state index contributed by atoms with van der Waals surface area (Å²) in [5.41, 5.74) is 17.6. The first-order valence-electron chi connectivity index (χ1n) is 15.3. The van der Waals surface area contributed by atoms with E-state index in [2.05, 4.69) is 35.2 Å². The number of nitrogens with one attached hydrogen (secondary N) is 1. The molecule has 7 aromatic rings. The standard InChI is InChI=1S/C21H16FN7.C16H14FN3/c1-12(28-21-16(10-23)20(24)26-11-27-21)15-8-13-5-6-14(22)9-18(13)29-19(15)17-4-2-3-7-25-17;1-10(18)13-8-11-5-6-12(17)9-15(11)20-16(13)14-4-2-3-7-19-14/h2-9,11-12H,1H3,(H3,24,26,27,28);2-10H,18H2,1H3/t12-;10-/m00/s1. The minimum atomic E-state index is -0.356. The Kier molecular flexibility index (Phi) is 9.36. The van der Waals surface area contributed by atoms with Crippen LogP contribution in [0.3, 0.4) is 0 Å². The molecule has 2 aromatic carbocycles. The van der Waals surface area contributed by atoms with Crippen molar-refractivity contribution in [3.63, 3.8) is 0 Å². The van der Waals surface area contributed by atoms with Gasteiger partial charge in [-0.15, -0.1) is 0 Å². The third-order valence-corrected chi connectivity index (χ3v) is 7.73. The summed E-state index contributed by atoms with van der Waals surface area (Å²) >= 11 is 0. The molecule has 49 heavy (non-hydrogen) atoms. The van der Waals surface area contributed by atoms with Gasteiger partial charge >= 0.3 is 0 Å². The quantitative estimate of drug-likeness (QED) is 0.166. The lowest BCUT2D eigenvalue weighted by Gasteiger charge is -2.19. The van der Waals surface area contributed by atoms with E-state index >= 15 is 0 Å². The average molecular weight is 653 g/mol. The van der Waals surface area contributed by atoms with E-state index in [9.17, 15) is 14.0 Å². The number of fused-ring (bicyclic) bond motifs is 2. The maximum absolute atomic E-state index is 13.7. The van der Waals surface area contributed by atoms with Gasteiger partial charge in [0.15, 0.2) is 0 Å². The number of hydrogen-bond acceptors (Lipinski definition) is 10. The molecule has 0 unspecified atom stereocenters. The number of halogens is 2. The zero-order valence-corrected chi connectivity index (χ0v) is 26.5. The van der Waals surface area contributed by atoms with E-state index in [4.69, 9.17) is 11.5 Å². The lowest BCUT2D eigenvalue weighted by atomic mass is 10.0. The van der Waals surface area contributed by atoms with Crippen molar-refractivity contribution in [1.82, 2.24) is 29.9 Å². The van der Waals surface area contributed by atoms with Crippen molar-refractivity contribution in [3.8, 4) is 28.8 Å². The van der Waals surface area contributed by atoms with Crippen molar-refractivity contribution in [2.45, 2.75) is 25.9 Å². The average Bonchev–Trinajstić information content (AvgIpc) is 3.11. The predicted octanol–water partition coefficient (Wildman–Crippen LogP) is 7.31. The Morgan fingerprint density at radius 2 is 1.27 bits per heavy atom. The summed E-state index contributed by atoms with van der Waals surface area (Å²) in [6, 6.07) is 25.6. The Labute approximate surface area is 280 Å². The Morgan fingerprint density at radius 3 is 1.78 bits per heavy atom. The van der Waals surface area contributed by atoms with E-state index in [0.717, 1.165) is 27.6 Å². The van der Waals surface area contributed by atoms with Gasteiger partial charge in [0.2, 0.25) is 0 Å². The van der Waals surface area contributed by atoms with Crippen LogP contribution < -0.4 is 16.8 Å². The summed E-state index contributed by atoms with van der Waals surface area (Å²) < 4.78 is 27.1. The van der Waals surface area contributed by atoms with Crippen LogP contribution in [0.15, 0.2) is 104 Å². The Bertz CT molecular complexity index is 2310. The number of hydrogen-bond donors (Lipinski definition) is 3. The third-order valence-electron chi connectivity index (χ3n) is 7.73. The fourth-order valence-electron chi connectivity index (χ4n) is 5.31. The molecule has 0 bridgehead atoms. The second-order valence-corrected chi connectivity index (χ2v) is 11.2. The molecule has 0 amide bonds. The van der Waals surface area contributed by atoms with Gasteiger partial charge in [0.05, 0.1) is 39.9 Å². The number of aromatic nitrogens is 6. The monoisotopic (exact) mass is 652 g/mol. The highest BCUT2D eigenvalue weighted by molar-refractivity contribution is 5.84. The minimum absolute atomic E-state index is 0.106. The van der Waals surface area contributed by atoms with Crippen molar-refractivity contribution in [2.75, 3.05) is 11.1 Å². The predicted molar refractivity (Wildman–Crippen MR) is 186 cm³/mol. The van der Waals surface area contributed by atoms with Crippen molar-refractivity contribution >= 4 is 33.4 Å². The topological polar surface area (TPSA) is 165 Å². The zero-order chi connectivity index (χ0) is 34.5. The highest BCUT2D eigenvalue weighted by Gasteiger charge is 2.19. The Balaban J connectivity index is 0.000000182. The lowest BCUT2D eigenvalue weighted by Crippen LogP contribution is -2.13. The van der Waals surface area contributed by atoms with E-state index in [0.29, 0.717) is 33.9 Å². The number of pyridine rings is 4. The van der Waals surface area contributed by atoms with Crippen molar-refractivity contribution in [1.29, 1.82) is 5.26 Å². The maximum atomic E-state index is 13.7. The van der Waals surface area contributed by atoms with Gasteiger partial charge < -0.3 is 16.8 Å². The van der Waals surface area contributed by atoms with E-state index in [-0.39, 0.29) is 35.1 Å². The summed E-state index contributed by atoms with van der Waals surface area (Å²) in [6.07, 6.45) is 4.68. The summed E-state index contributed by atoms with van der Waals surface area (Å²) in [6.45, 7) is 3.82. The summed E-state index contributed by atoms with van der Waals surface area (Å²) in [5.74, 6) is -0.218. The van der Waals surface area contributed by atoms with Crippen LogP contribution in [0.25, 0.3) is 44.6 Å². The van der Waals surface area contributed by atoms with Crippen LogP contribution in [0.4, 0.5) is 20.4 Å². The number of nitrogens with zero attached hydrogens (tertiary/aromatic N) is 7. The van der Waals surface area contributed by atoms with Gasteiger partial charge in [-0.05, 0) is 80.1 Å². The highest BCUT2D eigenvalue weighted by Crippen LogP contribution is 2.32. The molecule has 5 N–H and O–H groups in total. The molecule has 12 heteroatoms. The summed E-state index contributed by atoms with van der Waals surface area (Å²) in [5, 5.41) is 14.2. The summed E-state index contributed by atoms with van der Waals surface area (Å²) in [7, 11) is 0. The zero-order valence-electron chi connectivity index (χ0n) is 26.5. The van der Waals surface area contributed by atoms with E-state index in [1.54, 1.807) is 24.5 Å². The van der Waals surface area contributed by atoms with Crippen molar-refractivity contribution in [3.05, 3.63) is 132 Å². The number of nitrogens with two attached hydrogens (primary N) is 2. The molecule has 0 saturated heterocycles. The molecular formula is C37H30F2N10. The minimum Gasteiger partial charge on any atom is -0.382 e. The van der Waals surface area contributed by atoms with E-state index in [1.807, 2.05) is 68.4 Å². The number of rotatable bonds is 6. The molecule has 5 aromatic heterocycles. The smallest absolute Gasteiger partial charge is 0.150 e. The molecule has 10 nitrogen and oxygen atoms in total. The van der Waals surface area contributed by atoms with Gasteiger partial charge in [0, 0.05) is 46.9 Å². The lowest BCUT2D eigenvalue weighted by molar-refractivity contribution is 0.629. The third kappa shape index (κ3) is 7.12. The number of anilines is 2. The Morgan fingerprint density at radius 1 is 0.714 bits per heavy atom. The van der Waals surface area contributed by atoms with Crippen LogP contribution in [-0.4, -0.2) is 29.9 Å². The highest BCUT2D eigenvalue weighted by atomic mass is 19.1. The largest absolute Gasteiger partial charge is 0.382 e. The molecule has 2 atom stereocenters. The fraction of sp³-hybridized carbons (Fsp3) is 0.108. The van der Waals surface area contributed by atoms with Gasteiger partial charge in [-0.1, -0.05) is 12.1 Å². The first kappa shape index (κ1) is 32.5. The van der Waals surface area contributed by atoms with Gasteiger partial charge in [-0.2, -0.15) is 5.26 Å². The van der Waals surface area contributed by atoms with Crippen LogP contribution in [0, 0.1) is 23.0 Å². The van der Waals surface area contributed by atoms with Crippen molar-refractivity contribution in [2.24, 2.45) is 5.73 Å². The molecule has 7 rings (SSSR count). The van der Waals surface area contributed by atoms with Crippen LogP contribution >= 0.6 is 0 Å². The molecule has 0 aliphatic heterocycles. The number of benzene rings is 2. The number of nitriles is 1. The molecule has 0 spiro atoms. The second-order valence-electron chi connectivity index (χ2n) is 11.2. The molecule has 0 fully saturated rings. The summed E-state index contributed by atoms with van der Waals surface area (Å²) in [4.78, 5) is 25.9. The molecule has 0 aliphatic rings. The molecule has 0 aliphatic carbocycles. The normalized spacial score (nSPS) is 12.1. The maximum Gasteiger partial charge on any atom is 0.150 e. The molecule has 0 saturated carbocycles. The van der Waals surface area contributed by atoms with Crippen LogP contribution in [-0.2, 0) is 0 Å². The van der Waals surface area contributed by atoms with Crippen LogP contribution in [0.2, 0.25) is 0 Å². The SMILES string of the molecule is C[C@H](N)c1cc2ccc(F)cc2nc1-c1ccccn1.C[C@H](Nc1ncnc(N)c1C#N)c1cc2ccc(F)cc2nc1-c1ccccn1. The van der Waals surface area contributed by atoms with Crippen LogP contribution in [0.5, 0.6) is 0 Å². The second kappa shape index (κ2) is 14.1. The van der Waals surface area contributed by atoms with Crippen molar-refractivity contribution < 1.29 is 8.78 Å². The molecule has 0 radical (unpaired) electrons. The first-order valence-corrected chi connectivity index (χ1v) is 15.3. The van der Waals surface area contributed by atoms with Gasteiger partial charge in [-0.25, -0.2) is 28.7 Å². The van der Waals surface area contributed by atoms with E-state index < -0.39 is 0 Å². The molecule has 242 valence electrons. The van der Waals surface area contributed by atoms with Gasteiger partial charge in [0.25, 0.3) is 0 Å².